The van der Waals surface area contributed by atoms with E-state index in [9.17, 15) is 4.79 Å². The number of carbonyl (C=O) groups excluding carboxylic acids is 1. The standard InChI is InChI=1S/C18H17BrN2O4S/c1-23-11-4-5-13-16(8-11)26-18(20-13)21-17(22)7-10-6-14(24-2)15(25-3)9-12(10)19/h4-6,8-9H,7H2,1-3H3,(H,20,21,22). The maximum Gasteiger partial charge on any atom is 0.230 e. The van der Waals surface area contributed by atoms with Crippen LogP contribution in [-0.4, -0.2) is 32.2 Å². The molecule has 0 saturated carbocycles. The highest BCUT2D eigenvalue weighted by molar-refractivity contribution is 9.10. The zero-order chi connectivity index (χ0) is 18.7. The first kappa shape index (κ1) is 18.5. The fourth-order valence-electron chi connectivity index (χ4n) is 2.45. The summed E-state index contributed by atoms with van der Waals surface area (Å²) in [5.74, 6) is 1.77. The summed E-state index contributed by atoms with van der Waals surface area (Å²) < 4.78 is 17.5. The first-order valence-corrected chi connectivity index (χ1v) is 9.30. The molecule has 26 heavy (non-hydrogen) atoms. The van der Waals surface area contributed by atoms with Crippen LogP contribution < -0.4 is 19.5 Å². The van der Waals surface area contributed by atoms with Gasteiger partial charge < -0.3 is 19.5 Å². The second kappa shape index (κ2) is 7.92. The molecule has 2 aromatic carbocycles. The summed E-state index contributed by atoms with van der Waals surface area (Å²) in [4.78, 5) is 16.9. The van der Waals surface area contributed by atoms with Crippen molar-refractivity contribution in [3.63, 3.8) is 0 Å². The minimum absolute atomic E-state index is 0.163. The number of benzene rings is 2. The second-order valence-corrected chi connectivity index (χ2v) is 7.26. The second-order valence-electron chi connectivity index (χ2n) is 5.38. The predicted molar refractivity (Wildman–Crippen MR) is 106 cm³/mol. The number of nitrogens with one attached hydrogen (secondary N) is 1. The van der Waals surface area contributed by atoms with Gasteiger partial charge in [0.05, 0.1) is 38.0 Å². The van der Waals surface area contributed by atoms with Gasteiger partial charge in [0.2, 0.25) is 5.91 Å². The molecule has 3 aromatic rings. The van der Waals surface area contributed by atoms with Gasteiger partial charge in [-0.1, -0.05) is 27.3 Å². The molecular weight excluding hydrogens is 420 g/mol. The van der Waals surface area contributed by atoms with E-state index < -0.39 is 0 Å². The van der Waals surface area contributed by atoms with Crippen LogP contribution in [0, 0.1) is 0 Å². The van der Waals surface area contributed by atoms with Gasteiger partial charge in [-0.3, -0.25) is 4.79 Å². The van der Waals surface area contributed by atoms with Crippen molar-refractivity contribution < 1.29 is 19.0 Å². The number of ether oxygens (including phenoxy) is 3. The van der Waals surface area contributed by atoms with E-state index in [-0.39, 0.29) is 12.3 Å². The number of nitrogens with zero attached hydrogens (tertiary/aromatic N) is 1. The SMILES string of the molecule is COc1ccc2nc(NC(=O)Cc3cc(OC)c(OC)cc3Br)sc2c1. The zero-order valence-corrected chi connectivity index (χ0v) is 16.9. The van der Waals surface area contributed by atoms with Crippen LogP contribution >= 0.6 is 27.3 Å². The van der Waals surface area contributed by atoms with Crippen LogP contribution in [0.5, 0.6) is 17.2 Å². The van der Waals surface area contributed by atoms with Crippen molar-refractivity contribution in [3.8, 4) is 17.2 Å². The molecule has 0 aliphatic rings. The smallest absolute Gasteiger partial charge is 0.230 e. The molecule has 0 radical (unpaired) electrons. The normalized spacial score (nSPS) is 10.6. The molecule has 0 aliphatic heterocycles. The number of aromatic nitrogens is 1. The number of amides is 1. The molecule has 3 rings (SSSR count). The van der Waals surface area contributed by atoms with Crippen LogP contribution in [0.4, 0.5) is 5.13 Å². The Kier molecular flexibility index (Phi) is 5.63. The topological polar surface area (TPSA) is 69.7 Å². The van der Waals surface area contributed by atoms with Crippen LogP contribution in [0.15, 0.2) is 34.8 Å². The van der Waals surface area contributed by atoms with Crippen molar-refractivity contribution in [3.05, 3.63) is 40.4 Å². The van der Waals surface area contributed by atoms with Crippen LogP contribution in [0.1, 0.15) is 5.56 Å². The lowest BCUT2D eigenvalue weighted by Crippen LogP contribution is -2.14. The Morgan fingerprint density at radius 3 is 2.54 bits per heavy atom. The first-order chi connectivity index (χ1) is 12.5. The number of carbonyl (C=O) groups is 1. The van der Waals surface area contributed by atoms with Crippen molar-refractivity contribution in [1.82, 2.24) is 4.98 Å². The predicted octanol–water partition coefficient (Wildman–Crippen LogP) is 4.27. The molecule has 1 aromatic heterocycles. The molecule has 136 valence electrons. The van der Waals surface area contributed by atoms with Gasteiger partial charge in [0.25, 0.3) is 0 Å². The molecule has 6 nitrogen and oxygen atoms in total. The van der Waals surface area contributed by atoms with Crippen molar-refractivity contribution in [2.24, 2.45) is 0 Å². The fourth-order valence-corrected chi connectivity index (χ4v) is 3.83. The molecule has 0 fully saturated rings. The summed E-state index contributed by atoms with van der Waals surface area (Å²) in [6.45, 7) is 0. The average molecular weight is 437 g/mol. The highest BCUT2D eigenvalue weighted by Crippen LogP contribution is 2.34. The molecule has 0 aliphatic carbocycles. The summed E-state index contributed by atoms with van der Waals surface area (Å²) in [5.41, 5.74) is 1.61. The molecule has 0 atom stereocenters. The number of methoxy groups -OCH3 is 3. The molecule has 8 heteroatoms. The molecule has 1 amide bonds. The number of hydrogen-bond donors (Lipinski definition) is 1. The molecule has 0 spiro atoms. The Morgan fingerprint density at radius 2 is 1.85 bits per heavy atom. The van der Waals surface area contributed by atoms with E-state index in [1.807, 2.05) is 18.2 Å². The Balaban J connectivity index is 1.76. The van der Waals surface area contributed by atoms with Gasteiger partial charge in [0.15, 0.2) is 16.6 Å². The van der Waals surface area contributed by atoms with E-state index >= 15 is 0 Å². The number of hydrogen-bond acceptors (Lipinski definition) is 6. The van der Waals surface area contributed by atoms with Crippen molar-refractivity contribution >= 4 is 48.5 Å². The maximum atomic E-state index is 12.4. The van der Waals surface area contributed by atoms with Crippen molar-refractivity contribution in [2.45, 2.75) is 6.42 Å². The number of rotatable bonds is 6. The molecule has 1 N–H and O–H groups in total. The number of halogens is 1. The summed E-state index contributed by atoms with van der Waals surface area (Å²) in [5, 5.41) is 3.40. The highest BCUT2D eigenvalue weighted by Gasteiger charge is 2.14. The van der Waals surface area contributed by atoms with Gasteiger partial charge in [-0.25, -0.2) is 4.98 Å². The third-order valence-corrected chi connectivity index (χ3v) is 5.42. The average Bonchev–Trinajstić information content (AvgIpc) is 3.03. The van der Waals surface area contributed by atoms with E-state index in [0.717, 1.165) is 26.0 Å². The van der Waals surface area contributed by atoms with E-state index in [4.69, 9.17) is 14.2 Å². The van der Waals surface area contributed by atoms with Gasteiger partial charge in [0, 0.05) is 4.47 Å². The molecule has 0 saturated heterocycles. The van der Waals surface area contributed by atoms with E-state index in [1.54, 1.807) is 33.5 Å². The molecule has 0 unspecified atom stereocenters. The minimum Gasteiger partial charge on any atom is -0.497 e. The maximum absolute atomic E-state index is 12.4. The molecular formula is C18H17BrN2O4S. The lowest BCUT2D eigenvalue weighted by Gasteiger charge is -2.11. The molecule has 0 bridgehead atoms. The number of fused-ring (bicyclic) bond motifs is 1. The lowest BCUT2D eigenvalue weighted by atomic mass is 10.1. The van der Waals surface area contributed by atoms with Gasteiger partial charge in [-0.2, -0.15) is 0 Å². The van der Waals surface area contributed by atoms with Gasteiger partial charge in [0.1, 0.15) is 5.75 Å². The Morgan fingerprint density at radius 1 is 1.12 bits per heavy atom. The summed E-state index contributed by atoms with van der Waals surface area (Å²) in [7, 11) is 4.75. The first-order valence-electron chi connectivity index (χ1n) is 7.69. The molecule has 1 heterocycles. The van der Waals surface area contributed by atoms with Gasteiger partial charge in [-0.15, -0.1) is 0 Å². The van der Waals surface area contributed by atoms with E-state index in [2.05, 4.69) is 26.2 Å². The zero-order valence-electron chi connectivity index (χ0n) is 14.5. The van der Waals surface area contributed by atoms with Crippen LogP contribution in [-0.2, 0) is 11.2 Å². The van der Waals surface area contributed by atoms with Crippen LogP contribution in [0.3, 0.4) is 0 Å². The summed E-state index contributed by atoms with van der Waals surface area (Å²) in [6.07, 6.45) is 0.181. The Labute approximate surface area is 163 Å². The Hall–Kier alpha value is -2.32. The third kappa shape index (κ3) is 3.91. The number of anilines is 1. The van der Waals surface area contributed by atoms with E-state index in [1.165, 1.54) is 11.3 Å². The van der Waals surface area contributed by atoms with Gasteiger partial charge in [-0.05, 0) is 35.9 Å². The fraction of sp³-hybridized carbons (Fsp3) is 0.222. The quantitative estimate of drug-likeness (QED) is 0.624. The van der Waals surface area contributed by atoms with Crippen LogP contribution in [0.25, 0.3) is 10.2 Å². The van der Waals surface area contributed by atoms with E-state index in [0.29, 0.717) is 16.6 Å². The number of thiazole rings is 1. The van der Waals surface area contributed by atoms with Crippen molar-refractivity contribution in [1.29, 1.82) is 0 Å². The van der Waals surface area contributed by atoms with Crippen LogP contribution in [0.2, 0.25) is 0 Å². The van der Waals surface area contributed by atoms with Crippen molar-refractivity contribution in [2.75, 3.05) is 26.6 Å². The Bertz CT molecular complexity index is 958. The third-order valence-electron chi connectivity index (χ3n) is 3.75. The van der Waals surface area contributed by atoms with Gasteiger partial charge >= 0.3 is 0 Å². The summed E-state index contributed by atoms with van der Waals surface area (Å²) in [6, 6.07) is 9.17. The monoisotopic (exact) mass is 436 g/mol. The summed E-state index contributed by atoms with van der Waals surface area (Å²) >= 11 is 4.87. The largest absolute Gasteiger partial charge is 0.497 e. The lowest BCUT2D eigenvalue weighted by molar-refractivity contribution is -0.115. The highest BCUT2D eigenvalue weighted by atomic mass is 79.9. The minimum atomic E-state index is -0.163.